The fraction of sp³-hybridized carbons (Fsp3) is 0.304. The third-order valence-electron chi connectivity index (χ3n) is 5.16. The van der Waals surface area contributed by atoms with Gasteiger partial charge in [-0.05, 0) is 62.7 Å². The molecule has 0 spiro atoms. The molecule has 3 aromatic rings. The number of carbonyl (C=O) groups excluding carboxylic acids is 2. The fourth-order valence-corrected chi connectivity index (χ4v) is 3.61. The van der Waals surface area contributed by atoms with Crippen LogP contribution in [0.2, 0.25) is 0 Å². The molecular weight excluding hydrogens is 384 g/mol. The molecule has 0 saturated carbocycles. The molecule has 2 aromatic carbocycles. The summed E-state index contributed by atoms with van der Waals surface area (Å²) in [6, 6.07) is 11.4. The Hall–Kier alpha value is -3.48. The molecule has 1 aromatic heterocycles. The van der Waals surface area contributed by atoms with Gasteiger partial charge in [-0.2, -0.15) is 0 Å². The van der Waals surface area contributed by atoms with Gasteiger partial charge >= 0.3 is 5.97 Å². The molecule has 0 bridgehead atoms. The van der Waals surface area contributed by atoms with Gasteiger partial charge in [0.25, 0.3) is 5.56 Å². The summed E-state index contributed by atoms with van der Waals surface area (Å²) in [5.74, 6) is 0.467. The zero-order valence-corrected chi connectivity index (χ0v) is 16.9. The molecule has 0 amide bonds. The summed E-state index contributed by atoms with van der Waals surface area (Å²) in [6.45, 7) is 4.63. The van der Waals surface area contributed by atoms with Gasteiger partial charge in [-0.15, -0.1) is 0 Å². The standard InChI is InChI=1S/C23H22N2O5/c1-3-29-17-9-6-15(7-10-17)21(26)14(2)30-23(28)16-8-11-18-19(13-16)24-20-5-4-12-25(20)22(18)27/h6-11,13-14H,3-5,12H2,1-2H3/t14-/m1/s1. The van der Waals surface area contributed by atoms with E-state index in [9.17, 15) is 14.4 Å². The number of fused-ring (bicyclic) bond motifs is 2. The van der Waals surface area contributed by atoms with Crippen molar-refractivity contribution in [2.45, 2.75) is 39.3 Å². The topological polar surface area (TPSA) is 87.5 Å². The van der Waals surface area contributed by atoms with Crippen molar-refractivity contribution in [2.24, 2.45) is 0 Å². The van der Waals surface area contributed by atoms with Crippen LogP contribution in [0.15, 0.2) is 47.3 Å². The Labute approximate surface area is 173 Å². The van der Waals surface area contributed by atoms with Crippen molar-refractivity contribution in [3.63, 3.8) is 0 Å². The van der Waals surface area contributed by atoms with Crippen LogP contribution >= 0.6 is 0 Å². The van der Waals surface area contributed by atoms with Crippen LogP contribution in [-0.2, 0) is 17.7 Å². The molecule has 154 valence electrons. The van der Waals surface area contributed by atoms with Crippen molar-refractivity contribution in [1.82, 2.24) is 9.55 Å². The first-order valence-electron chi connectivity index (χ1n) is 9.99. The van der Waals surface area contributed by atoms with Gasteiger partial charge in [0.15, 0.2) is 6.10 Å². The molecule has 0 N–H and O–H groups in total. The van der Waals surface area contributed by atoms with Crippen molar-refractivity contribution in [1.29, 1.82) is 0 Å². The van der Waals surface area contributed by atoms with Gasteiger partial charge in [-0.25, -0.2) is 9.78 Å². The molecule has 2 heterocycles. The Kier molecular flexibility index (Phi) is 5.35. The molecule has 0 saturated heterocycles. The Morgan fingerprint density at radius 1 is 1.13 bits per heavy atom. The molecule has 7 nitrogen and oxygen atoms in total. The Balaban J connectivity index is 1.51. The Morgan fingerprint density at radius 3 is 2.60 bits per heavy atom. The van der Waals surface area contributed by atoms with Gasteiger partial charge in [0, 0.05) is 18.5 Å². The minimum absolute atomic E-state index is 0.0912. The van der Waals surface area contributed by atoms with Crippen molar-refractivity contribution in [3.8, 4) is 5.75 Å². The SMILES string of the molecule is CCOc1ccc(C(=O)[C@@H](C)OC(=O)c2ccc3c(=O)n4c(nc3c2)CCC4)cc1. The predicted molar refractivity (Wildman–Crippen MR) is 111 cm³/mol. The summed E-state index contributed by atoms with van der Waals surface area (Å²) < 4.78 is 12.4. The van der Waals surface area contributed by atoms with Crippen LogP contribution in [0.5, 0.6) is 5.75 Å². The first kappa shape index (κ1) is 19.8. The highest BCUT2D eigenvalue weighted by molar-refractivity contribution is 6.02. The van der Waals surface area contributed by atoms with Gasteiger partial charge in [0.05, 0.1) is 23.1 Å². The van der Waals surface area contributed by atoms with Crippen molar-refractivity contribution >= 4 is 22.7 Å². The van der Waals surface area contributed by atoms with Crippen molar-refractivity contribution < 1.29 is 19.1 Å². The van der Waals surface area contributed by atoms with Gasteiger partial charge < -0.3 is 9.47 Å². The van der Waals surface area contributed by atoms with Crippen LogP contribution in [-0.4, -0.2) is 34.0 Å². The molecule has 0 radical (unpaired) electrons. The van der Waals surface area contributed by atoms with Crippen LogP contribution in [0.4, 0.5) is 0 Å². The lowest BCUT2D eigenvalue weighted by Gasteiger charge is -2.13. The second-order valence-electron chi connectivity index (χ2n) is 7.19. The lowest BCUT2D eigenvalue weighted by molar-refractivity contribution is 0.0319. The maximum atomic E-state index is 12.6. The van der Waals surface area contributed by atoms with E-state index in [0.29, 0.717) is 35.4 Å². The molecule has 1 aliphatic heterocycles. The largest absolute Gasteiger partial charge is 0.494 e. The minimum atomic E-state index is -0.954. The van der Waals surface area contributed by atoms with E-state index in [2.05, 4.69) is 4.98 Å². The number of aromatic nitrogens is 2. The molecule has 7 heteroatoms. The van der Waals surface area contributed by atoms with Crippen LogP contribution in [0.3, 0.4) is 0 Å². The van der Waals surface area contributed by atoms with E-state index in [0.717, 1.165) is 18.7 Å². The Morgan fingerprint density at radius 2 is 1.87 bits per heavy atom. The lowest BCUT2D eigenvalue weighted by Crippen LogP contribution is -2.25. The predicted octanol–water partition coefficient (Wildman–Crippen LogP) is 3.17. The van der Waals surface area contributed by atoms with Crippen molar-refractivity contribution in [3.05, 3.63) is 69.8 Å². The number of nitrogens with zero attached hydrogens (tertiary/aromatic N) is 2. The number of carbonyl (C=O) groups is 2. The smallest absolute Gasteiger partial charge is 0.338 e. The van der Waals surface area contributed by atoms with Crippen LogP contribution in [0.1, 0.15) is 46.8 Å². The number of aryl methyl sites for hydroxylation is 1. The van der Waals surface area contributed by atoms with E-state index in [1.54, 1.807) is 41.0 Å². The van der Waals surface area contributed by atoms with Crippen molar-refractivity contribution in [2.75, 3.05) is 6.61 Å². The van der Waals surface area contributed by atoms with E-state index in [1.807, 2.05) is 6.92 Å². The first-order chi connectivity index (χ1) is 14.5. The maximum Gasteiger partial charge on any atom is 0.338 e. The second kappa shape index (κ2) is 8.10. The molecule has 30 heavy (non-hydrogen) atoms. The highest BCUT2D eigenvalue weighted by Crippen LogP contribution is 2.18. The molecule has 0 fully saturated rings. The van der Waals surface area contributed by atoms with Gasteiger partial charge in [0.1, 0.15) is 11.6 Å². The first-order valence-corrected chi connectivity index (χ1v) is 9.99. The van der Waals surface area contributed by atoms with Gasteiger partial charge in [0.2, 0.25) is 5.78 Å². The Bertz CT molecular complexity index is 1180. The lowest BCUT2D eigenvalue weighted by atomic mass is 10.1. The summed E-state index contributed by atoms with van der Waals surface area (Å²) in [7, 11) is 0. The number of hydrogen-bond donors (Lipinski definition) is 0. The average Bonchev–Trinajstić information content (AvgIpc) is 3.22. The maximum absolute atomic E-state index is 12.6. The van der Waals surface area contributed by atoms with Gasteiger partial charge in [-0.1, -0.05) is 0 Å². The second-order valence-corrected chi connectivity index (χ2v) is 7.19. The molecule has 1 atom stereocenters. The highest BCUT2D eigenvalue weighted by atomic mass is 16.5. The minimum Gasteiger partial charge on any atom is -0.494 e. The molecule has 0 aliphatic carbocycles. The van der Waals surface area contributed by atoms with E-state index in [-0.39, 0.29) is 16.9 Å². The normalized spacial score (nSPS) is 13.7. The fourth-order valence-electron chi connectivity index (χ4n) is 3.61. The number of ether oxygens (including phenoxy) is 2. The van der Waals surface area contributed by atoms with E-state index < -0.39 is 12.1 Å². The van der Waals surface area contributed by atoms with Crippen LogP contribution < -0.4 is 10.3 Å². The quantitative estimate of drug-likeness (QED) is 0.462. The summed E-state index contributed by atoms with van der Waals surface area (Å²) in [5, 5.41) is 0.468. The third kappa shape index (κ3) is 3.70. The third-order valence-corrected chi connectivity index (χ3v) is 5.16. The molecule has 0 unspecified atom stereocenters. The van der Waals surface area contributed by atoms with Crippen LogP contribution in [0.25, 0.3) is 10.9 Å². The van der Waals surface area contributed by atoms with Crippen LogP contribution in [0, 0.1) is 0 Å². The number of esters is 1. The van der Waals surface area contributed by atoms with E-state index in [1.165, 1.54) is 13.0 Å². The zero-order valence-electron chi connectivity index (χ0n) is 16.9. The molecule has 1 aliphatic rings. The summed E-state index contributed by atoms with van der Waals surface area (Å²) in [4.78, 5) is 42.2. The highest BCUT2D eigenvalue weighted by Gasteiger charge is 2.22. The van der Waals surface area contributed by atoms with E-state index in [4.69, 9.17) is 9.47 Å². The summed E-state index contributed by atoms with van der Waals surface area (Å²) >= 11 is 0. The molecule has 4 rings (SSSR count). The number of Topliss-reactive ketones (excluding diaryl/α,β-unsaturated/α-hetero) is 1. The average molecular weight is 406 g/mol. The summed E-state index contributed by atoms with van der Waals surface area (Å²) in [5.41, 5.74) is 1.06. The summed E-state index contributed by atoms with van der Waals surface area (Å²) in [6.07, 6.45) is 0.677. The number of benzene rings is 2. The van der Waals surface area contributed by atoms with E-state index >= 15 is 0 Å². The number of ketones is 1. The zero-order chi connectivity index (χ0) is 21.3. The van der Waals surface area contributed by atoms with Gasteiger partial charge in [-0.3, -0.25) is 14.2 Å². The number of hydrogen-bond acceptors (Lipinski definition) is 6. The monoisotopic (exact) mass is 406 g/mol. The number of rotatable bonds is 6. The molecular formula is C23H22N2O5.